The van der Waals surface area contributed by atoms with Gasteiger partial charge < -0.3 is 15.4 Å². The van der Waals surface area contributed by atoms with E-state index in [9.17, 15) is 0 Å². The lowest BCUT2D eigenvalue weighted by atomic mass is 9.89. The molecule has 2 aromatic heterocycles. The van der Waals surface area contributed by atoms with Crippen molar-refractivity contribution in [3.05, 3.63) is 35.9 Å². The molecule has 1 aliphatic heterocycles. The van der Waals surface area contributed by atoms with Gasteiger partial charge >= 0.3 is 0 Å². The van der Waals surface area contributed by atoms with Crippen molar-refractivity contribution in [2.75, 3.05) is 30.3 Å². The summed E-state index contributed by atoms with van der Waals surface area (Å²) in [5.74, 6) is 2.25. The van der Waals surface area contributed by atoms with Gasteiger partial charge in [0, 0.05) is 30.4 Å². The minimum absolute atomic E-state index is 0.0291. The van der Waals surface area contributed by atoms with Crippen LogP contribution in [0.2, 0.25) is 0 Å². The van der Waals surface area contributed by atoms with Gasteiger partial charge in [-0.3, -0.25) is 4.98 Å². The smallest absolute Gasteiger partial charge is 0.230 e. The van der Waals surface area contributed by atoms with Crippen molar-refractivity contribution in [3.8, 4) is 0 Å². The summed E-state index contributed by atoms with van der Waals surface area (Å²) in [6.45, 7) is 2.08. The van der Waals surface area contributed by atoms with Crippen LogP contribution in [-0.2, 0) is 4.74 Å². The molecule has 0 aromatic carbocycles. The molecule has 0 spiro atoms. The van der Waals surface area contributed by atoms with Gasteiger partial charge in [-0.2, -0.15) is 15.0 Å². The van der Waals surface area contributed by atoms with Crippen molar-refractivity contribution in [1.82, 2.24) is 19.9 Å². The van der Waals surface area contributed by atoms with Crippen molar-refractivity contribution in [2.45, 2.75) is 44.1 Å². The Bertz CT molecular complexity index is 704. The second-order valence-corrected chi connectivity index (χ2v) is 6.78. The summed E-state index contributed by atoms with van der Waals surface area (Å²) in [5, 5.41) is 0. The first-order chi connectivity index (χ1) is 12.3. The third-order valence-electron chi connectivity index (χ3n) is 5.03. The minimum atomic E-state index is -0.0291. The summed E-state index contributed by atoms with van der Waals surface area (Å²) in [4.78, 5) is 19.9. The van der Waals surface area contributed by atoms with E-state index in [4.69, 9.17) is 15.5 Å². The molecule has 1 unspecified atom stereocenters. The molecular formula is C18H24N6O. The standard InChI is InChI=1S/C18H24N6O/c19-17-21-16(13-5-2-1-3-6-13)22-18(23-17)24-9-10-25-15(12-24)14-7-4-8-20-11-14/h4,7-8,11,13,15H,1-3,5-6,9-10,12H2,(H2,19,21,22,23). The second kappa shape index (κ2) is 7.31. The third-order valence-corrected chi connectivity index (χ3v) is 5.03. The molecule has 1 atom stereocenters. The molecule has 25 heavy (non-hydrogen) atoms. The lowest BCUT2D eigenvalue weighted by molar-refractivity contribution is 0.0390. The van der Waals surface area contributed by atoms with Crippen LogP contribution >= 0.6 is 0 Å². The van der Waals surface area contributed by atoms with E-state index in [-0.39, 0.29) is 6.10 Å². The monoisotopic (exact) mass is 340 g/mol. The largest absolute Gasteiger partial charge is 0.370 e. The highest BCUT2D eigenvalue weighted by atomic mass is 16.5. The average Bonchev–Trinajstić information content (AvgIpc) is 2.69. The first-order valence-corrected chi connectivity index (χ1v) is 9.07. The Hall–Kier alpha value is -2.28. The van der Waals surface area contributed by atoms with Crippen LogP contribution in [0.4, 0.5) is 11.9 Å². The average molecular weight is 340 g/mol. The van der Waals surface area contributed by atoms with Gasteiger partial charge in [-0.1, -0.05) is 25.3 Å². The number of hydrogen-bond donors (Lipinski definition) is 1. The number of nitrogens with two attached hydrogens (primary N) is 1. The number of morpholine rings is 1. The zero-order valence-corrected chi connectivity index (χ0v) is 14.3. The van der Waals surface area contributed by atoms with E-state index in [1.54, 1.807) is 6.20 Å². The van der Waals surface area contributed by atoms with Crippen LogP contribution in [0, 0.1) is 0 Å². The van der Waals surface area contributed by atoms with E-state index in [0.29, 0.717) is 31.0 Å². The number of aromatic nitrogens is 4. The molecule has 1 aliphatic carbocycles. The van der Waals surface area contributed by atoms with E-state index >= 15 is 0 Å². The second-order valence-electron chi connectivity index (χ2n) is 6.78. The van der Waals surface area contributed by atoms with Gasteiger partial charge in [-0.05, 0) is 18.9 Å². The van der Waals surface area contributed by atoms with E-state index in [0.717, 1.165) is 30.8 Å². The molecule has 1 saturated carbocycles. The van der Waals surface area contributed by atoms with Crippen molar-refractivity contribution < 1.29 is 4.74 Å². The Labute approximate surface area is 147 Å². The number of pyridine rings is 1. The minimum Gasteiger partial charge on any atom is -0.370 e. The van der Waals surface area contributed by atoms with Gasteiger partial charge in [0.15, 0.2) is 0 Å². The Morgan fingerprint density at radius 3 is 2.80 bits per heavy atom. The summed E-state index contributed by atoms with van der Waals surface area (Å²) in [7, 11) is 0. The Kier molecular flexibility index (Phi) is 4.74. The summed E-state index contributed by atoms with van der Waals surface area (Å²) >= 11 is 0. The highest BCUT2D eigenvalue weighted by Gasteiger charge is 2.26. The van der Waals surface area contributed by atoms with Crippen molar-refractivity contribution >= 4 is 11.9 Å². The molecule has 7 heteroatoms. The van der Waals surface area contributed by atoms with E-state index in [1.807, 2.05) is 18.3 Å². The molecule has 2 N–H and O–H groups in total. The van der Waals surface area contributed by atoms with E-state index < -0.39 is 0 Å². The van der Waals surface area contributed by atoms with Gasteiger partial charge in [0.2, 0.25) is 11.9 Å². The summed E-state index contributed by atoms with van der Waals surface area (Å²) in [6, 6.07) is 3.97. The van der Waals surface area contributed by atoms with Crippen LogP contribution < -0.4 is 10.6 Å². The number of nitrogens with zero attached hydrogens (tertiary/aromatic N) is 5. The topological polar surface area (TPSA) is 90.0 Å². The highest BCUT2D eigenvalue weighted by Crippen LogP contribution is 2.32. The molecule has 2 aliphatic rings. The van der Waals surface area contributed by atoms with Gasteiger partial charge in [-0.25, -0.2) is 0 Å². The number of hydrogen-bond acceptors (Lipinski definition) is 7. The van der Waals surface area contributed by atoms with Crippen LogP contribution in [0.1, 0.15) is 55.5 Å². The molecular weight excluding hydrogens is 316 g/mol. The van der Waals surface area contributed by atoms with Crippen LogP contribution in [0.15, 0.2) is 24.5 Å². The fourth-order valence-electron chi connectivity index (χ4n) is 3.68. The Balaban J connectivity index is 1.55. The van der Waals surface area contributed by atoms with Crippen LogP contribution in [-0.4, -0.2) is 39.6 Å². The van der Waals surface area contributed by atoms with Gasteiger partial charge in [0.05, 0.1) is 13.2 Å². The zero-order chi connectivity index (χ0) is 17.1. The Morgan fingerprint density at radius 2 is 2.00 bits per heavy atom. The number of anilines is 2. The van der Waals surface area contributed by atoms with E-state index in [2.05, 4.69) is 19.9 Å². The highest BCUT2D eigenvalue weighted by molar-refractivity contribution is 5.36. The van der Waals surface area contributed by atoms with Crippen LogP contribution in [0.25, 0.3) is 0 Å². The predicted octanol–water partition coefficient (Wildman–Crippen LogP) is 2.47. The molecule has 1 saturated heterocycles. The molecule has 132 valence electrons. The van der Waals surface area contributed by atoms with Gasteiger partial charge in [0.25, 0.3) is 0 Å². The molecule has 2 aromatic rings. The molecule has 0 bridgehead atoms. The fraction of sp³-hybridized carbons (Fsp3) is 0.556. The maximum atomic E-state index is 5.99. The summed E-state index contributed by atoms with van der Waals surface area (Å²) in [6.07, 6.45) is 9.67. The normalized spacial score (nSPS) is 22.1. The molecule has 2 fully saturated rings. The first-order valence-electron chi connectivity index (χ1n) is 9.07. The van der Waals surface area contributed by atoms with Gasteiger partial charge in [-0.15, -0.1) is 0 Å². The lowest BCUT2D eigenvalue weighted by Gasteiger charge is -2.33. The molecule has 0 amide bonds. The first kappa shape index (κ1) is 16.2. The third kappa shape index (κ3) is 3.71. The lowest BCUT2D eigenvalue weighted by Crippen LogP contribution is -2.39. The Morgan fingerprint density at radius 1 is 1.12 bits per heavy atom. The molecule has 3 heterocycles. The summed E-state index contributed by atoms with van der Waals surface area (Å²) in [5.41, 5.74) is 7.06. The van der Waals surface area contributed by atoms with Crippen LogP contribution in [0.5, 0.6) is 0 Å². The molecule has 4 rings (SSSR count). The van der Waals surface area contributed by atoms with Crippen molar-refractivity contribution in [1.29, 1.82) is 0 Å². The molecule has 7 nitrogen and oxygen atoms in total. The van der Waals surface area contributed by atoms with Crippen LogP contribution in [0.3, 0.4) is 0 Å². The van der Waals surface area contributed by atoms with Crippen molar-refractivity contribution in [2.24, 2.45) is 0 Å². The fourth-order valence-corrected chi connectivity index (χ4v) is 3.68. The predicted molar refractivity (Wildman–Crippen MR) is 95.2 cm³/mol. The number of nitrogen functional groups attached to an aromatic ring is 1. The van der Waals surface area contributed by atoms with E-state index in [1.165, 1.54) is 19.3 Å². The molecule has 0 radical (unpaired) electrons. The number of ether oxygens (including phenoxy) is 1. The van der Waals surface area contributed by atoms with Crippen molar-refractivity contribution in [3.63, 3.8) is 0 Å². The maximum absolute atomic E-state index is 5.99. The summed E-state index contributed by atoms with van der Waals surface area (Å²) < 4.78 is 5.91. The SMILES string of the molecule is Nc1nc(C2CCCCC2)nc(N2CCOC(c3cccnc3)C2)n1. The number of rotatable bonds is 3. The zero-order valence-electron chi connectivity index (χ0n) is 14.3. The quantitative estimate of drug-likeness (QED) is 0.918. The van der Waals surface area contributed by atoms with Gasteiger partial charge in [0.1, 0.15) is 11.9 Å². The maximum Gasteiger partial charge on any atom is 0.230 e.